The van der Waals surface area contributed by atoms with E-state index in [1.807, 2.05) is 12.1 Å². The number of piperazine rings is 1. The molecule has 0 radical (unpaired) electrons. The molecule has 0 atom stereocenters. The van der Waals surface area contributed by atoms with E-state index >= 15 is 0 Å². The summed E-state index contributed by atoms with van der Waals surface area (Å²) in [7, 11) is 0. The zero-order chi connectivity index (χ0) is 17.8. The first-order valence-corrected chi connectivity index (χ1v) is 9.22. The summed E-state index contributed by atoms with van der Waals surface area (Å²) in [6, 6.07) is 25.4. The van der Waals surface area contributed by atoms with Crippen molar-refractivity contribution >= 4 is 10.8 Å². The van der Waals surface area contributed by atoms with Crippen molar-refractivity contribution < 1.29 is 0 Å². The molecule has 3 aromatic rings. The Morgan fingerprint density at radius 2 is 1.38 bits per heavy atom. The van der Waals surface area contributed by atoms with E-state index < -0.39 is 0 Å². The summed E-state index contributed by atoms with van der Waals surface area (Å²) in [4.78, 5) is 5.05. The van der Waals surface area contributed by atoms with Crippen molar-refractivity contribution in [1.29, 1.82) is 5.26 Å². The quantitative estimate of drug-likeness (QED) is 0.718. The maximum atomic E-state index is 8.90. The van der Waals surface area contributed by atoms with Gasteiger partial charge >= 0.3 is 0 Å². The zero-order valence-electron chi connectivity index (χ0n) is 14.9. The molecule has 0 amide bonds. The summed E-state index contributed by atoms with van der Waals surface area (Å²) < 4.78 is 0. The largest absolute Gasteiger partial charge is 0.297 e. The van der Waals surface area contributed by atoms with Crippen LogP contribution < -0.4 is 0 Å². The van der Waals surface area contributed by atoms with E-state index in [1.165, 1.54) is 21.9 Å². The molecule has 1 saturated heterocycles. The summed E-state index contributed by atoms with van der Waals surface area (Å²) in [5.41, 5.74) is 3.43. The molecule has 0 aromatic heterocycles. The fourth-order valence-corrected chi connectivity index (χ4v) is 3.72. The monoisotopic (exact) mass is 341 g/mol. The molecule has 130 valence electrons. The third-order valence-corrected chi connectivity index (χ3v) is 5.23. The van der Waals surface area contributed by atoms with Gasteiger partial charge in [0, 0.05) is 39.3 Å². The molecule has 1 fully saturated rings. The molecule has 1 aliphatic heterocycles. The van der Waals surface area contributed by atoms with Gasteiger partial charge < -0.3 is 0 Å². The van der Waals surface area contributed by atoms with Crippen molar-refractivity contribution in [3.8, 4) is 6.07 Å². The lowest BCUT2D eigenvalue weighted by molar-refractivity contribution is 0.122. The molecule has 3 aromatic carbocycles. The Bertz CT molecular complexity index is 911. The molecule has 0 aliphatic carbocycles. The molecule has 0 N–H and O–H groups in total. The minimum Gasteiger partial charge on any atom is -0.297 e. The topological polar surface area (TPSA) is 30.3 Å². The summed E-state index contributed by atoms with van der Waals surface area (Å²) >= 11 is 0. The van der Waals surface area contributed by atoms with E-state index in [2.05, 4.69) is 70.5 Å². The fraction of sp³-hybridized carbons (Fsp3) is 0.261. The standard InChI is InChI=1S/C23H23N3/c24-16-19-8-10-20(11-9-19)17-25-12-14-26(15-13-25)18-22-6-3-5-21-4-1-2-7-23(21)22/h1-11H,12-15,17-18H2. The number of hydrogen-bond donors (Lipinski definition) is 0. The maximum Gasteiger partial charge on any atom is 0.0991 e. The van der Waals surface area contributed by atoms with Crippen LogP contribution in [0.25, 0.3) is 10.8 Å². The van der Waals surface area contributed by atoms with Crippen molar-refractivity contribution in [3.63, 3.8) is 0 Å². The molecule has 0 bridgehead atoms. The lowest BCUT2D eigenvalue weighted by Gasteiger charge is -2.35. The molecule has 0 spiro atoms. The van der Waals surface area contributed by atoms with Gasteiger partial charge in [-0.15, -0.1) is 0 Å². The van der Waals surface area contributed by atoms with Crippen LogP contribution in [0.1, 0.15) is 16.7 Å². The van der Waals surface area contributed by atoms with Gasteiger partial charge in [0.2, 0.25) is 0 Å². The van der Waals surface area contributed by atoms with Crippen LogP contribution in [-0.4, -0.2) is 36.0 Å². The molecule has 1 aliphatic rings. The average molecular weight is 341 g/mol. The second-order valence-electron chi connectivity index (χ2n) is 7.00. The zero-order valence-corrected chi connectivity index (χ0v) is 14.9. The molecule has 0 unspecified atom stereocenters. The fourth-order valence-electron chi connectivity index (χ4n) is 3.72. The normalized spacial score (nSPS) is 15.8. The summed E-state index contributed by atoms with van der Waals surface area (Å²) in [5, 5.41) is 11.6. The number of fused-ring (bicyclic) bond motifs is 1. The summed E-state index contributed by atoms with van der Waals surface area (Å²) in [6.45, 7) is 6.36. The second kappa shape index (κ2) is 7.70. The number of benzene rings is 3. The van der Waals surface area contributed by atoms with Gasteiger partial charge in [0.15, 0.2) is 0 Å². The van der Waals surface area contributed by atoms with Crippen molar-refractivity contribution in [3.05, 3.63) is 83.4 Å². The Morgan fingerprint density at radius 3 is 2.12 bits per heavy atom. The van der Waals surface area contributed by atoms with Gasteiger partial charge in [0.05, 0.1) is 11.6 Å². The summed E-state index contributed by atoms with van der Waals surface area (Å²) in [5.74, 6) is 0. The van der Waals surface area contributed by atoms with E-state index in [-0.39, 0.29) is 0 Å². The highest BCUT2D eigenvalue weighted by Crippen LogP contribution is 2.21. The molecular weight excluding hydrogens is 318 g/mol. The van der Waals surface area contributed by atoms with Crippen LogP contribution in [0.3, 0.4) is 0 Å². The number of hydrogen-bond acceptors (Lipinski definition) is 3. The third kappa shape index (κ3) is 3.77. The minimum absolute atomic E-state index is 0.730. The van der Waals surface area contributed by atoms with Crippen LogP contribution in [0.5, 0.6) is 0 Å². The van der Waals surface area contributed by atoms with E-state index in [9.17, 15) is 0 Å². The van der Waals surface area contributed by atoms with Crippen LogP contribution in [-0.2, 0) is 13.1 Å². The maximum absolute atomic E-state index is 8.90. The lowest BCUT2D eigenvalue weighted by Crippen LogP contribution is -2.45. The molecule has 26 heavy (non-hydrogen) atoms. The Hall–Kier alpha value is -2.67. The molecule has 3 heteroatoms. The van der Waals surface area contributed by atoms with Crippen molar-refractivity contribution in [2.24, 2.45) is 0 Å². The van der Waals surface area contributed by atoms with Crippen LogP contribution >= 0.6 is 0 Å². The summed E-state index contributed by atoms with van der Waals surface area (Å²) in [6.07, 6.45) is 0. The van der Waals surface area contributed by atoms with Gasteiger partial charge in [-0.3, -0.25) is 9.80 Å². The molecule has 3 nitrogen and oxygen atoms in total. The van der Waals surface area contributed by atoms with Crippen LogP contribution in [0.2, 0.25) is 0 Å². The smallest absolute Gasteiger partial charge is 0.0991 e. The molecule has 1 heterocycles. The third-order valence-electron chi connectivity index (χ3n) is 5.23. The highest BCUT2D eigenvalue weighted by Gasteiger charge is 2.17. The van der Waals surface area contributed by atoms with E-state index in [4.69, 9.17) is 5.26 Å². The highest BCUT2D eigenvalue weighted by molar-refractivity contribution is 5.85. The van der Waals surface area contributed by atoms with Gasteiger partial charge in [0.25, 0.3) is 0 Å². The molecule has 4 rings (SSSR count). The Labute approximate surface area is 155 Å². The first-order valence-electron chi connectivity index (χ1n) is 9.22. The number of nitriles is 1. The number of rotatable bonds is 4. The van der Waals surface area contributed by atoms with Gasteiger partial charge in [-0.2, -0.15) is 5.26 Å². The van der Waals surface area contributed by atoms with Gasteiger partial charge in [-0.05, 0) is 34.0 Å². The van der Waals surface area contributed by atoms with Crippen molar-refractivity contribution in [2.75, 3.05) is 26.2 Å². The van der Waals surface area contributed by atoms with Crippen LogP contribution in [0.15, 0.2) is 66.7 Å². The highest BCUT2D eigenvalue weighted by atomic mass is 15.3. The average Bonchev–Trinajstić information content (AvgIpc) is 2.70. The Morgan fingerprint density at radius 1 is 0.731 bits per heavy atom. The van der Waals surface area contributed by atoms with Crippen molar-refractivity contribution in [2.45, 2.75) is 13.1 Å². The lowest BCUT2D eigenvalue weighted by atomic mass is 10.0. The van der Waals surface area contributed by atoms with Gasteiger partial charge in [-0.25, -0.2) is 0 Å². The second-order valence-corrected chi connectivity index (χ2v) is 7.00. The molecular formula is C23H23N3. The minimum atomic E-state index is 0.730. The van der Waals surface area contributed by atoms with Crippen LogP contribution in [0, 0.1) is 11.3 Å². The molecule has 0 saturated carbocycles. The SMILES string of the molecule is N#Cc1ccc(CN2CCN(Cc3cccc4ccccc34)CC2)cc1. The first kappa shape index (κ1) is 16.8. The van der Waals surface area contributed by atoms with Crippen molar-refractivity contribution in [1.82, 2.24) is 9.80 Å². The Kier molecular flexibility index (Phi) is 4.97. The first-order chi connectivity index (χ1) is 12.8. The number of nitrogens with zero attached hydrogens (tertiary/aromatic N) is 3. The predicted molar refractivity (Wildman–Crippen MR) is 106 cm³/mol. The van der Waals surface area contributed by atoms with E-state index in [0.29, 0.717) is 0 Å². The van der Waals surface area contributed by atoms with E-state index in [0.717, 1.165) is 44.8 Å². The van der Waals surface area contributed by atoms with Gasteiger partial charge in [-0.1, -0.05) is 54.6 Å². The van der Waals surface area contributed by atoms with Crippen LogP contribution in [0.4, 0.5) is 0 Å². The van der Waals surface area contributed by atoms with Gasteiger partial charge in [0.1, 0.15) is 0 Å². The Balaban J connectivity index is 1.35. The van der Waals surface area contributed by atoms with E-state index in [1.54, 1.807) is 0 Å². The predicted octanol–water partition coefficient (Wildman–Crippen LogP) is 4.03.